The van der Waals surface area contributed by atoms with E-state index >= 15 is 0 Å². The third-order valence-corrected chi connectivity index (χ3v) is 3.62. The second-order valence-electron chi connectivity index (χ2n) is 4.44. The highest BCUT2D eigenvalue weighted by molar-refractivity contribution is 7.09. The molecular formula is C15H19NO3S. The topological polar surface area (TPSA) is 64.7 Å². The summed E-state index contributed by atoms with van der Waals surface area (Å²) < 4.78 is 10.9. The van der Waals surface area contributed by atoms with Crippen molar-refractivity contribution in [3.05, 3.63) is 46.7 Å². The van der Waals surface area contributed by atoms with Gasteiger partial charge in [0.15, 0.2) is 0 Å². The first-order chi connectivity index (χ1) is 9.74. The van der Waals surface area contributed by atoms with Crippen LogP contribution in [0.1, 0.15) is 4.88 Å². The van der Waals surface area contributed by atoms with Crippen molar-refractivity contribution in [1.29, 1.82) is 0 Å². The van der Waals surface area contributed by atoms with Gasteiger partial charge in [0.25, 0.3) is 0 Å². The van der Waals surface area contributed by atoms with Crippen LogP contribution in [0.2, 0.25) is 0 Å². The minimum absolute atomic E-state index is 0.197. The van der Waals surface area contributed by atoms with Crippen LogP contribution in [-0.2, 0) is 11.2 Å². The number of aliphatic hydroxyl groups excluding tert-OH is 1. The van der Waals surface area contributed by atoms with Gasteiger partial charge in [0.1, 0.15) is 18.5 Å². The molecule has 0 amide bonds. The predicted molar refractivity (Wildman–Crippen MR) is 81.2 cm³/mol. The highest BCUT2D eigenvalue weighted by Gasteiger charge is 2.06. The highest BCUT2D eigenvalue weighted by Crippen LogP contribution is 2.14. The molecule has 0 fully saturated rings. The molecule has 20 heavy (non-hydrogen) atoms. The lowest BCUT2D eigenvalue weighted by Crippen LogP contribution is -2.24. The summed E-state index contributed by atoms with van der Waals surface area (Å²) in [4.78, 5) is 1.29. The van der Waals surface area contributed by atoms with E-state index in [1.54, 1.807) is 29.5 Å². The third-order valence-electron chi connectivity index (χ3n) is 2.68. The zero-order valence-corrected chi connectivity index (χ0v) is 12.0. The Hall–Kier alpha value is -1.56. The van der Waals surface area contributed by atoms with E-state index in [4.69, 9.17) is 15.2 Å². The monoisotopic (exact) mass is 293 g/mol. The maximum absolute atomic E-state index is 9.76. The van der Waals surface area contributed by atoms with Gasteiger partial charge in [-0.3, -0.25) is 0 Å². The molecule has 2 rings (SSSR count). The number of nitrogens with two attached hydrogens (primary N) is 1. The van der Waals surface area contributed by atoms with Crippen LogP contribution in [0.4, 0.5) is 5.69 Å². The maximum Gasteiger partial charge on any atom is 0.121 e. The Labute approximate surface area is 122 Å². The standard InChI is InChI=1S/C15H19NO3S/c16-12-3-1-4-14(9-12)19-11-13(17)10-18-7-6-15-5-2-8-20-15/h1-5,8-9,13,17H,6-7,10-11,16H2. The fraction of sp³-hybridized carbons (Fsp3) is 0.333. The molecule has 1 aromatic carbocycles. The Balaban J connectivity index is 1.59. The van der Waals surface area contributed by atoms with Gasteiger partial charge in [-0.15, -0.1) is 11.3 Å². The van der Waals surface area contributed by atoms with Crippen molar-refractivity contribution in [1.82, 2.24) is 0 Å². The number of anilines is 1. The van der Waals surface area contributed by atoms with Crippen LogP contribution in [0.15, 0.2) is 41.8 Å². The van der Waals surface area contributed by atoms with Crippen molar-refractivity contribution in [3.63, 3.8) is 0 Å². The number of hydrogen-bond donors (Lipinski definition) is 2. The van der Waals surface area contributed by atoms with E-state index in [0.717, 1.165) is 6.42 Å². The van der Waals surface area contributed by atoms with Crippen LogP contribution in [0.25, 0.3) is 0 Å². The van der Waals surface area contributed by atoms with E-state index in [9.17, 15) is 5.11 Å². The summed E-state index contributed by atoms with van der Waals surface area (Å²) in [6.07, 6.45) is 0.236. The fourth-order valence-electron chi connectivity index (χ4n) is 1.69. The maximum atomic E-state index is 9.76. The number of thiophene rings is 1. The average molecular weight is 293 g/mol. The van der Waals surface area contributed by atoms with Crippen molar-refractivity contribution in [2.45, 2.75) is 12.5 Å². The molecule has 1 aromatic heterocycles. The largest absolute Gasteiger partial charge is 0.491 e. The fourth-order valence-corrected chi connectivity index (χ4v) is 2.38. The Morgan fingerprint density at radius 2 is 2.10 bits per heavy atom. The normalized spacial score (nSPS) is 12.2. The Morgan fingerprint density at radius 3 is 2.85 bits per heavy atom. The first-order valence-corrected chi connectivity index (χ1v) is 7.38. The first kappa shape index (κ1) is 14.8. The molecule has 0 radical (unpaired) electrons. The summed E-state index contributed by atoms with van der Waals surface area (Å²) in [6.45, 7) is 1.08. The summed E-state index contributed by atoms with van der Waals surface area (Å²) in [6, 6.07) is 11.2. The lowest BCUT2D eigenvalue weighted by molar-refractivity contribution is 0.0132. The van der Waals surface area contributed by atoms with Crippen LogP contribution < -0.4 is 10.5 Å². The molecular weight excluding hydrogens is 274 g/mol. The van der Waals surface area contributed by atoms with E-state index in [2.05, 4.69) is 6.07 Å². The highest BCUT2D eigenvalue weighted by atomic mass is 32.1. The van der Waals surface area contributed by atoms with Crippen LogP contribution in [0.5, 0.6) is 5.75 Å². The van der Waals surface area contributed by atoms with Crippen molar-refractivity contribution >= 4 is 17.0 Å². The Kier molecular flexibility index (Phi) is 5.86. The summed E-state index contributed by atoms with van der Waals surface area (Å²) in [7, 11) is 0. The summed E-state index contributed by atoms with van der Waals surface area (Å²) in [5.41, 5.74) is 6.29. The summed E-state index contributed by atoms with van der Waals surface area (Å²) in [5, 5.41) is 11.8. The van der Waals surface area contributed by atoms with E-state index in [-0.39, 0.29) is 13.2 Å². The van der Waals surface area contributed by atoms with Gasteiger partial charge < -0.3 is 20.3 Å². The molecule has 0 aliphatic carbocycles. The zero-order chi connectivity index (χ0) is 14.2. The van der Waals surface area contributed by atoms with Gasteiger partial charge >= 0.3 is 0 Å². The van der Waals surface area contributed by atoms with E-state index in [1.807, 2.05) is 17.5 Å². The van der Waals surface area contributed by atoms with Crippen molar-refractivity contribution in [2.75, 3.05) is 25.6 Å². The molecule has 0 aliphatic rings. The van der Waals surface area contributed by atoms with E-state index < -0.39 is 6.10 Å². The lowest BCUT2D eigenvalue weighted by Gasteiger charge is -2.13. The van der Waals surface area contributed by atoms with Crippen molar-refractivity contribution in [3.8, 4) is 5.75 Å². The van der Waals surface area contributed by atoms with Crippen LogP contribution in [0, 0.1) is 0 Å². The molecule has 5 heteroatoms. The van der Waals surface area contributed by atoms with Gasteiger partial charge in [0.05, 0.1) is 13.2 Å². The molecule has 4 nitrogen and oxygen atoms in total. The van der Waals surface area contributed by atoms with Crippen LogP contribution >= 0.6 is 11.3 Å². The number of benzene rings is 1. The van der Waals surface area contributed by atoms with Gasteiger partial charge in [-0.25, -0.2) is 0 Å². The van der Waals surface area contributed by atoms with Gasteiger partial charge in [0.2, 0.25) is 0 Å². The quantitative estimate of drug-likeness (QED) is 0.579. The molecule has 0 saturated carbocycles. The summed E-state index contributed by atoms with van der Waals surface area (Å²) in [5.74, 6) is 0.655. The molecule has 3 N–H and O–H groups in total. The SMILES string of the molecule is Nc1cccc(OCC(O)COCCc2cccs2)c1. The molecule has 1 atom stereocenters. The van der Waals surface area contributed by atoms with E-state index in [1.165, 1.54) is 4.88 Å². The van der Waals surface area contributed by atoms with Gasteiger partial charge in [-0.05, 0) is 23.6 Å². The molecule has 2 aromatic rings. The smallest absolute Gasteiger partial charge is 0.121 e. The van der Waals surface area contributed by atoms with Crippen molar-refractivity contribution < 1.29 is 14.6 Å². The molecule has 0 spiro atoms. The minimum atomic E-state index is -0.639. The molecule has 0 bridgehead atoms. The van der Waals surface area contributed by atoms with Gasteiger partial charge in [0, 0.05) is 23.1 Å². The zero-order valence-electron chi connectivity index (χ0n) is 11.2. The third kappa shape index (κ3) is 5.21. The number of nitrogen functional groups attached to an aromatic ring is 1. The second-order valence-corrected chi connectivity index (χ2v) is 5.47. The van der Waals surface area contributed by atoms with Crippen LogP contribution in [-0.4, -0.2) is 31.0 Å². The average Bonchev–Trinajstić information content (AvgIpc) is 2.95. The Morgan fingerprint density at radius 1 is 1.20 bits per heavy atom. The predicted octanol–water partition coefficient (Wildman–Crippen LogP) is 2.33. The molecule has 0 aliphatic heterocycles. The van der Waals surface area contributed by atoms with Crippen molar-refractivity contribution in [2.24, 2.45) is 0 Å². The lowest BCUT2D eigenvalue weighted by atomic mass is 10.3. The molecule has 1 heterocycles. The minimum Gasteiger partial charge on any atom is -0.491 e. The number of ether oxygens (including phenoxy) is 2. The Bertz CT molecular complexity index is 502. The second kappa shape index (κ2) is 7.89. The molecule has 108 valence electrons. The molecule has 1 unspecified atom stereocenters. The first-order valence-electron chi connectivity index (χ1n) is 6.50. The molecule has 0 saturated heterocycles. The summed E-state index contributed by atoms with van der Waals surface area (Å²) >= 11 is 1.71. The van der Waals surface area contributed by atoms with Gasteiger partial charge in [-0.2, -0.15) is 0 Å². The number of hydrogen-bond acceptors (Lipinski definition) is 5. The number of rotatable bonds is 8. The van der Waals surface area contributed by atoms with Gasteiger partial charge in [-0.1, -0.05) is 12.1 Å². The van der Waals surface area contributed by atoms with E-state index in [0.29, 0.717) is 18.0 Å². The van der Waals surface area contributed by atoms with Crippen LogP contribution in [0.3, 0.4) is 0 Å². The number of aliphatic hydroxyl groups is 1.